The van der Waals surface area contributed by atoms with Crippen molar-refractivity contribution in [2.75, 3.05) is 13.2 Å². The molecule has 4 rings (SSSR count). The molecule has 0 bridgehead atoms. The number of benzene rings is 3. The summed E-state index contributed by atoms with van der Waals surface area (Å²) in [7, 11) is 0. The van der Waals surface area contributed by atoms with E-state index in [1.807, 2.05) is 54.6 Å². The number of rotatable bonds is 11. The third kappa shape index (κ3) is 9.46. The first kappa shape index (κ1) is 32.8. The summed E-state index contributed by atoms with van der Waals surface area (Å²) in [6.07, 6.45) is -0.401. The Kier molecular flexibility index (Phi) is 11.0. The number of hydrogen-bond donors (Lipinski definition) is 4. The lowest BCUT2D eigenvalue weighted by molar-refractivity contribution is -0.139. The van der Waals surface area contributed by atoms with E-state index in [4.69, 9.17) is 9.47 Å². The molecule has 238 valence electrons. The molecule has 0 aromatic heterocycles. The molecule has 1 atom stereocenters. The zero-order chi connectivity index (χ0) is 32.4. The van der Waals surface area contributed by atoms with E-state index in [0.29, 0.717) is 24.9 Å². The van der Waals surface area contributed by atoms with E-state index in [1.54, 1.807) is 45.0 Å². The van der Waals surface area contributed by atoms with E-state index in [1.165, 1.54) is 0 Å². The van der Waals surface area contributed by atoms with Gasteiger partial charge in [0.1, 0.15) is 18.2 Å². The third-order valence-electron chi connectivity index (χ3n) is 7.18. The summed E-state index contributed by atoms with van der Waals surface area (Å²) in [4.78, 5) is 50.1. The number of hydrazine groups is 1. The Labute approximate surface area is 262 Å². The highest BCUT2D eigenvalue weighted by Gasteiger charge is 2.30. The molecule has 3 aromatic rings. The number of carbonyl (C=O) groups is 4. The van der Waals surface area contributed by atoms with Gasteiger partial charge in [0.15, 0.2) is 0 Å². The quantitative estimate of drug-likeness (QED) is 0.157. The molecule has 4 N–H and O–H groups in total. The number of alkyl carbamates (subject to hydrolysis) is 1. The SMILES string of the molecule is CC(C)(C)OC(=O)NCCCC[C@H](NC(=O)N(Cc1ccccc1)NC(=O)OCC1c2ccccc2-c2ccccc21)C(=O)O. The number of urea groups is 1. The van der Waals surface area contributed by atoms with Crippen molar-refractivity contribution in [3.63, 3.8) is 0 Å². The molecule has 11 nitrogen and oxygen atoms in total. The number of nitrogens with zero attached hydrogens (tertiary/aromatic N) is 1. The van der Waals surface area contributed by atoms with Gasteiger partial charge in [-0.1, -0.05) is 78.9 Å². The number of fused-ring (bicyclic) bond motifs is 3. The molecule has 1 aliphatic carbocycles. The molecule has 0 heterocycles. The Morgan fingerprint density at radius 1 is 0.844 bits per heavy atom. The standard InChI is InChI=1S/C34H40N4O7/c1-34(2,3)45-32(42)35-20-12-11-19-29(30(39)40)36-31(41)38(21-23-13-5-4-6-14-23)37-33(43)44-22-28-26-17-9-7-15-24(26)25-16-8-10-18-27(25)28/h4-10,13-18,28-29H,11-12,19-22H2,1-3H3,(H,35,42)(H,36,41)(H,37,43)(H,39,40)/t29-/m0/s1. The van der Waals surface area contributed by atoms with Crippen LogP contribution in [0.5, 0.6) is 0 Å². The number of carboxylic acid groups (broad SMARTS) is 1. The van der Waals surface area contributed by atoms with Crippen LogP contribution in [-0.4, -0.2) is 59.1 Å². The summed E-state index contributed by atoms with van der Waals surface area (Å²) in [5, 5.41) is 15.9. The van der Waals surface area contributed by atoms with Gasteiger partial charge >= 0.3 is 24.2 Å². The third-order valence-corrected chi connectivity index (χ3v) is 7.18. The Morgan fingerprint density at radius 2 is 1.44 bits per heavy atom. The first-order valence-electron chi connectivity index (χ1n) is 14.9. The molecule has 4 amide bonds. The summed E-state index contributed by atoms with van der Waals surface area (Å²) < 4.78 is 10.8. The molecule has 0 radical (unpaired) electrons. The molecule has 3 aromatic carbocycles. The number of amides is 4. The summed E-state index contributed by atoms with van der Waals surface area (Å²) in [5.41, 5.74) is 6.87. The minimum Gasteiger partial charge on any atom is -0.480 e. The number of unbranched alkanes of at least 4 members (excludes halogenated alkanes) is 1. The van der Waals surface area contributed by atoms with Gasteiger partial charge in [-0.25, -0.2) is 29.6 Å². The van der Waals surface area contributed by atoms with Gasteiger partial charge in [0.25, 0.3) is 0 Å². The maximum atomic E-state index is 13.3. The van der Waals surface area contributed by atoms with Crippen LogP contribution in [0.3, 0.4) is 0 Å². The van der Waals surface area contributed by atoms with Crippen LogP contribution in [0.1, 0.15) is 62.6 Å². The number of nitrogens with one attached hydrogen (secondary N) is 3. The van der Waals surface area contributed by atoms with Gasteiger partial charge in [0.2, 0.25) is 0 Å². The van der Waals surface area contributed by atoms with Gasteiger partial charge in [0, 0.05) is 12.5 Å². The Balaban J connectivity index is 1.35. The summed E-state index contributed by atoms with van der Waals surface area (Å²) >= 11 is 0. The van der Waals surface area contributed by atoms with Crippen molar-refractivity contribution >= 4 is 24.2 Å². The fraction of sp³-hybridized carbons (Fsp3) is 0.353. The number of ether oxygens (including phenoxy) is 2. The van der Waals surface area contributed by atoms with Crippen LogP contribution < -0.4 is 16.1 Å². The van der Waals surface area contributed by atoms with E-state index < -0.39 is 35.8 Å². The first-order valence-corrected chi connectivity index (χ1v) is 14.9. The molecule has 0 saturated carbocycles. The highest BCUT2D eigenvalue weighted by Crippen LogP contribution is 2.44. The molecule has 0 aliphatic heterocycles. The minimum atomic E-state index is -1.22. The van der Waals surface area contributed by atoms with Crippen LogP contribution >= 0.6 is 0 Å². The molecule has 11 heteroatoms. The minimum absolute atomic E-state index is 0.0248. The van der Waals surface area contributed by atoms with Crippen molar-refractivity contribution in [3.8, 4) is 11.1 Å². The fourth-order valence-corrected chi connectivity index (χ4v) is 5.13. The maximum Gasteiger partial charge on any atom is 0.426 e. The van der Waals surface area contributed by atoms with Crippen molar-refractivity contribution in [2.45, 2.75) is 64.1 Å². The van der Waals surface area contributed by atoms with Crippen LogP contribution in [0.25, 0.3) is 11.1 Å². The van der Waals surface area contributed by atoms with E-state index in [9.17, 15) is 24.3 Å². The van der Waals surface area contributed by atoms with Crippen molar-refractivity contribution in [1.29, 1.82) is 0 Å². The molecular formula is C34H40N4O7. The normalized spacial score (nSPS) is 12.7. The molecular weight excluding hydrogens is 576 g/mol. The maximum absolute atomic E-state index is 13.3. The van der Waals surface area contributed by atoms with Gasteiger partial charge < -0.3 is 25.2 Å². The molecule has 45 heavy (non-hydrogen) atoms. The average molecular weight is 617 g/mol. The summed E-state index contributed by atoms with van der Waals surface area (Å²) in [5.74, 6) is -1.38. The second-order valence-electron chi connectivity index (χ2n) is 11.8. The van der Waals surface area contributed by atoms with Crippen molar-refractivity contribution in [1.82, 2.24) is 21.1 Å². The van der Waals surface area contributed by atoms with E-state index >= 15 is 0 Å². The van der Waals surface area contributed by atoms with Gasteiger partial charge in [-0.15, -0.1) is 0 Å². The van der Waals surface area contributed by atoms with Crippen molar-refractivity contribution in [2.24, 2.45) is 0 Å². The van der Waals surface area contributed by atoms with Crippen LogP contribution in [-0.2, 0) is 20.8 Å². The lowest BCUT2D eigenvalue weighted by Gasteiger charge is -2.26. The van der Waals surface area contributed by atoms with Gasteiger partial charge in [0.05, 0.1) is 6.54 Å². The molecule has 0 saturated heterocycles. The molecule has 1 aliphatic rings. The van der Waals surface area contributed by atoms with Gasteiger partial charge in [-0.05, 0) is 67.9 Å². The lowest BCUT2D eigenvalue weighted by atomic mass is 9.98. The first-order chi connectivity index (χ1) is 21.5. The second kappa shape index (κ2) is 15.1. The number of carboxylic acids is 1. The highest BCUT2D eigenvalue weighted by molar-refractivity contribution is 5.84. The van der Waals surface area contributed by atoms with Crippen LogP contribution in [0.2, 0.25) is 0 Å². The molecule has 0 spiro atoms. The van der Waals surface area contributed by atoms with Crippen LogP contribution in [0.15, 0.2) is 78.9 Å². The molecule has 0 fully saturated rings. The zero-order valence-corrected chi connectivity index (χ0v) is 25.7. The van der Waals surface area contributed by atoms with Crippen LogP contribution in [0, 0.1) is 0 Å². The predicted octanol–water partition coefficient (Wildman–Crippen LogP) is 5.80. The monoisotopic (exact) mass is 616 g/mol. The van der Waals surface area contributed by atoms with Gasteiger partial charge in [-0.2, -0.15) is 0 Å². The topological polar surface area (TPSA) is 146 Å². The highest BCUT2D eigenvalue weighted by atomic mass is 16.6. The predicted molar refractivity (Wildman–Crippen MR) is 168 cm³/mol. The number of hydrogen-bond acceptors (Lipinski definition) is 6. The number of carbonyl (C=O) groups excluding carboxylic acids is 3. The fourth-order valence-electron chi connectivity index (χ4n) is 5.13. The van der Waals surface area contributed by atoms with Crippen LogP contribution in [0.4, 0.5) is 14.4 Å². The lowest BCUT2D eigenvalue weighted by Crippen LogP contribution is -2.54. The van der Waals surface area contributed by atoms with Gasteiger partial charge in [-0.3, -0.25) is 0 Å². The Morgan fingerprint density at radius 3 is 2.04 bits per heavy atom. The second-order valence-corrected chi connectivity index (χ2v) is 11.8. The number of aliphatic carboxylic acids is 1. The summed E-state index contributed by atoms with van der Waals surface area (Å²) in [6, 6.07) is 22.9. The Bertz CT molecular complexity index is 1440. The van der Waals surface area contributed by atoms with E-state index in [2.05, 4.69) is 16.1 Å². The molecule has 0 unspecified atom stereocenters. The van der Waals surface area contributed by atoms with E-state index in [-0.39, 0.29) is 25.5 Å². The largest absolute Gasteiger partial charge is 0.480 e. The Hall–Kier alpha value is -5.06. The smallest absolute Gasteiger partial charge is 0.426 e. The average Bonchev–Trinajstić information content (AvgIpc) is 3.32. The zero-order valence-electron chi connectivity index (χ0n) is 25.7. The summed E-state index contributed by atoms with van der Waals surface area (Å²) in [6.45, 7) is 5.60. The van der Waals surface area contributed by atoms with Crippen molar-refractivity contribution in [3.05, 3.63) is 95.6 Å². The van der Waals surface area contributed by atoms with E-state index in [0.717, 1.165) is 27.3 Å². The van der Waals surface area contributed by atoms with Crippen molar-refractivity contribution < 1.29 is 33.8 Å².